The summed E-state index contributed by atoms with van der Waals surface area (Å²) in [5.74, 6) is 0. The number of nitrogens with one attached hydrogen (secondary N) is 2. The molecule has 2 rings (SSSR count). The van der Waals surface area contributed by atoms with Gasteiger partial charge in [0.25, 0.3) is 0 Å². The molecule has 0 aromatic heterocycles. The van der Waals surface area contributed by atoms with E-state index in [2.05, 4.69) is 39.1 Å². The molecule has 2 N–H and O–H groups in total. The van der Waals surface area contributed by atoms with Gasteiger partial charge in [-0.3, -0.25) is 0 Å². The third kappa shape index (κ3) is 3.83. The maximum Gasteiger partial charge on any atom is 0.175 e. The van der Waals surface area contributed by atoms with Crippen LogP contribution >= 0.6 is 39.7 Å². The van der Waals surface area contributed by atoms with Crippen LogP contribution in [0.25, 0.3) is 0 Å². The van der Waals surface area contributed by atoms with Gasteiger partial charge in [-0.15, -0.1) is 0 Å². The summed E-state index contributed by atoms with van der Waals surface area (Å²) in [6, 6.07) is 5.60. The van der Waals surface area contributed by atoms with Crippen LogP contribution in [0.2, 0.25) is 5.02 Å². The molecule has 0 saturated heterocycles. The van der Waals surface area contributed by atoms with Crippen molar-refractivity contribution >= 4 is 50.5 Å². The van der Waals surface area contributed by atoms with Crippen molar-refractivity contribution in [2.75, 3.05) is 5.32 Å². The van der Waals surface area contributed by atoms with Gasteiger partial charge in [-0.05, 0) is 65.3 Å². The summed E-state index contributed by atoms with van der Waals surface area (Å²) in [5.41, 5.74) is 1.85. The maximum atomic E-state index is 6.01. The van der Waals surface area contributed by atoms with E-state index in [0.717, 1.165) is 22.3 Å². The Morgan fingerprint density at radius 2 is 2.17 bits per heavy atom. The largest absolute Gasteiger partial charge is 0.333 e. The van der Waals surface area contributed by atoms with Gasteiger partial charge in [-0.2, -0.15) is 0 Å². The lowest BCUT2D eigenvalue weighted by Crippen LogP contribution is -2.27. The number of allylic oxidation sites excluding steroid dienone is 3. The van der Waals surface area contributed by atoms with E-state index in [1.54, 1.807) is 0 Å². The van der Waals surface area contributed by atoms with Crippen LogP contribution in [0.1, 0.15) is 6.42 Å². The monoisotopic (exact) mass is 341 g/mol. The molecular formula is C13H11BrClN2S. The second kappa shape index (κ2) is 6.36. The molecule has 0 spiro atoms. The topological polar surface area (TPSA) is 24.1 Å². The lowest BCUT2D eigenvalue weighted by atomic mass is 10.1. The molecule has 0 aliphatic heterocycles. The summed E-state index contributed by atoms with van der Waals surface area (Å²) in [6.45, 7) is 0. The second-order valence-electron chi connectivity index (χ2n) is 3.70. The van der Waals surface area contributed by atoms with Crippen molar-refractivity contribution in [2.45, 2.75) is 6.42 Å². The number of thiocarbonyl (C=S) groups is 1. The first-order valence-corrected chi connectivity index (χ1v) is 6.96. The molecule has 0 heterocycles. The zero-order chi connectivity index (χ0) is 13.0. The Morgan fingerprint density at radius 3 is 2.83 bits per heavy atom. The SMILES string of the molecule is S=C(NC1=CC[CH]C=C1)Nc1ccc(Br)c(Cl)c1. The third-order valence-electron chi connectivity index (χ3n) is 2.32. The van der Waals surface area contributed by atoms with Gasteiger partial charge in [0, 0.05) is 15.9 Å². The molecule has 1 aliphatic carbocycles. The van der Waals surface area contributed by atoms with E-state index < -0.39 is 0 Å². The van der Waals surface area contributed by atoms with Crippen LogP contribution in [0, 0.1) is 6.42 Å². The molecule has 0 saturated carbocycles. The maximum absolute atomic E-state index is 6.01. The fourth-order valence-corrected chi connectivity index (χ4v) is 2.14. The summed E-state index contributed by atoms with van der Waals surface area (Å²) in [5, 5.41) is 7.40. The molecular weight excluding hydrogens is 332 g/mol. The number of hydrogen-bond donors (Lipinski definition) is 2. The first kappa shape index (κ1) is 13.6. The summed E-state index contributed by atoms with van der Waals surface area (Å²) >= 11 is 14.6. The zero-order valence-electron chi connectivity index (χ0n) is 9.41. The fraction of sp³-hybridized carbons (Fsp3) is 0.0769. The highest BCUT2D eigenvalue weighted by molar-refractivity contribution is 9.10. The highest BCUT2D eigenvalue weighted by Gasteiger charge is 2.03. The van der Waals surface area contributed by atoms with Crippen LogP contribution in [-0.2, 0) is 0 Å². The molecule has 0 amide bonds. The van der Waals surface area contributed by atoms with E-state index in [1.807, 2.05) is 30.4 Å². The summed E-state index contributed by atoms with van der Waals surface area (Å²) in [4.78, 5) is 0. The standard InChI is InChI=1S/C13H11BrClN2S/c14-11-7-6-10(8-12(11)15)17-13(18)16-9-4-2-1-3-5-9/h1-2,4-8H,3H2,(H2,16,17,18). The van der Waals surface area contributed by atoms with Crippen molar-refractivity contribution in [3.05, 3.63) is 58.0 Å². The van der Waals surface area contributed by atoms with Crippen LogP contribution in [0.15, 0.2) is 46.6 Å². The molecule has 1 aliphatic rings. The van der Waals surface area contributed by atoms with Crippen molar-refractivity contribution in [1.29, 1.82) is 0 Å². The molecule has 93 valence electrons. The lowest BCUT2D eigenvalue weighted by molar-refractivity contribution is 1.11. The molecule has 0 atom stereocenters. The Morgan fingerprint density at radius 1 is 1.33 bits per heavy atom. The lowest BCUT2D eigenvalue weighted by Gasteiger charge is -2.13. The van der Waals surface area contributed by atoms with E-state index in [9.17, 15) is 0 Å². The van der Waals surface area contributed by atoms with Gasteiger partial charge in [0.15, 0.2) is 5.11 Å². The van der Waals surface area contributed by atoms with Crippen molar-refractivity contribution in [3.8, 4) is 0 Å². The van der Waals surface area contributed by atoms with E-state index in [0.29, 0.717) is 10.1 Å². The first-order valence-electron chi connectivity index (χ1n) is 5.38. The van der Waals surface area contributed by atoms with Gasteiger partial charge in [-0.25, -0.2) is 0 Å². The summed E-state index contributed by atoms with van der Waals surface area (Å²) in [6.07, 6.45) is 9.05. The van der Waals surface area contributed by atoms with Crippen LogP contribution < -0.4 is 10.6 Å². The fourth-order valence-electron chi connectivity index (χ4n) is 1.47. The van der Waals surface area contributed by atoms with Crippen molar-refractivity contribution < 1.29 is 0 Å². The van der Waals surface area contributed by atoms with Gasteiger partial charge in [0.2, 0.25) is 0 Å². The Balaban J connectivity index is 1.96. The van der Waals surface area contributed by atoms with E-state index >= 15 is 0 Å². The van der Waals surface area contributed by atoms with Crippen molar-refractivity contribution in [1.82, 2.24) is 5.32 Å². The van der Waals surface area contributed by atoms with E-state index in [1.165, 1.54) is 0 Å². The number of rotatable bonds is 2. The molecule has 0 fully saturated rings. The minimum Gasteiger partial charge on any atom is -0.333 e. The number of benzene rings is 1. The number of halogens is 2. The van der Waals surface area contributed by atoms with Crippen molar-refractivity contribution in [2.24, 2.45) is 0 Å². The smallest absolute Gasteiger partial charge is 0.175 e. The molecule has 18 heavy (non-hydrogen) atoms. The third-order valence-corrected chi connectivity index (χ3v) is 3.76. The molecule has 0 bridgehead atoms. The highest BCUT2D eigenvalue weighted by atomic mass is 79.9. The normalized spacial score (nSPS) is 14.0. The average Bonchev–Trinajstić information content (AvgIpc) is 2.35. The molecule has 5 heteroatoms. The predicted octanol–water partition coefficient (Wildman–Crippen LogP) is 4.44. The molecule has 1 aromatic rings. The van der Waals surface area contributed by atoms with Gasteiger partial charge in [0.05, 0.1) is 5.02 Å². The Hall–Kier alpha value is -0.840. The molecule has 1 radical (unpaired) electrons. The summed E-state index contributed by atoms with van der Waals surface area (Å²) in [7, 11) is 0. The average molecular weight is 343 g/mol. The molecule has 1 aromatic carbocycles. The van der Waals surface area contributed by atoms with Crippen molar-refractivity contribution in [3.63, 3.8) is 0 Å². The first-order chi connectivity index (χ1) is 8.65. The van der Waals surface area contributed by atoms with Gasteiger partial charge >= 0.3 is 0 Å². The Kier molecular flexibility index (Phi) is 4.80. The van der Waals surface area contributed by atoms with Crippen LogP contribution in [0.4, 0.5) is 5.69 Å². The van der Waals surface area contributed by atoms with Crippen LogP contribution in [0.5, 0.6) is 0 Å². The minimum absolute atomic E-state index is 0.547. The Labute approximate surface area is 125 Å². The minimum atomic E-state index is 0.547. The highest BCUT2D eigenvalue weighted by Crippen LogP contribution is 2.25. The van der Waals surface area contributed by atoms with Gasteiger partial charge < -0.3 is 10.6 Å². The number of hydrogen-bond acceptors (Lipinski definition) is 1. The summed E-state index contributed by atoms with van der Waals surface area (Å²) < 4.78 is 0.863. The van der Waals surface area contributed by atoms with Gasteiger partial charge in [-0.1, -0.05) is 23.8 Å². The van der Waals surface area contributed by atoms with Gasteiger partial charge in [0.1, 0.15) is 0 Å². The Bertz CT molecular complexity index is 526. The van der Waals surface area contributed by atoms with Crippen LogP contribution in [-0.4, -0.2) is 5.11 Å². The number of anilines is 1. The van der Waals surface area contributed by atoms with E-state index in [4.69, 9.17) is 23.8 Å². The second-order valence-corrected chi connectivity index (χ2v) is 5.37. The molecule has 2 nitrogen and oxygen atoms in total. The predicted molar refractivity (Wildman–Crippen MR) is 84.6 cm³/mol. The van der Waals surface area contributed by atoms with E-state index in [-0.39, 0.29) is 0 Å². The van der Waals surface area contributed by atoms with Crippen LogP contribution in [0.3, 0.4) is 0 Å². The zero-order valence-corrected chi connectivity index (χ0v) is 12.6. The molecule has 0 unspecified atom stereocenters. The quantitative estimate of drug-likeness (QED) is 0.777.